The van der Waals surface area contributed by atoms with Crippen LogP contribution >= 0.6 is 0 Å². The van der Waals surface area contributed by atoms with Crippen molar-refractivity contribution in [2.45, 2.75) is 0 Å². The number of para-hydroxylation sites is 1. The molecule has 0 aliphatic heterocycles. The molecule has 2 rings (SSSR count). The third-order valence-electron chi connectivity index (χ3n) is 2.01. The van der Waals surface area contributed by atoms with Crippen molar-refractivity contribution in [3.63, 3.8) is 0 Å². The van der Waals surface area contributed by atoms with Crippen LogP contribution in [0, 0.1) is 12.2 Å². The summed E-state index contributed by atoms with van der Waals surface area (Å²) in [5.41, 5.74) is 0.729. The van der Waals surface area contributed by atoms with Crippen LogP contribution in [0.2, 0.25) is 0 Å². The van der Waals surface area contributed by atoms with Gasteiger partial charge in [0.1, 0.15) is 0 Å². The number of halogens is 2. The first-order valence-corrected chi connectivity index (χ1v) is 4.52. The van der Waals surface area contributed by atoms with Crippen LogP contribution in [-0.2, 0) is 0 Å². The zero-order valence-corrected chi connectivity index (χ0v) is 8.43. The molecule has 4 nitrogen and oxygen atoms in total. The van der Waals surface area contributed by atoms with Gasteiger partial charge < -0.3 is 4.90 Å². The number of hydrogen-bond acceptors (Lipinski definition) is 4. The van der Waals surface area contributed by atoms with Gasteiger partial charge in [0.15, 0.2) is 0 Å². The topological polar surface area (TPSA) is 41.9 Å². The van der Waals surface area contributed by atoms with Gasteiger partial charge in [0.2, 0.25) is 5.95 Å². The summed E-state index contributed by atoms with van der Waals surface area (Å²) in [6, 6.07) is 9.00. The minimum atomic E-state index is -1.13. The maximum Gasteiger partial charge on any atom is 0.315 e. The van der Waals surface area contributed by atoms with E-state index in [9.17, 15) is 8.78 Å². The zero-order chi connectivity index (χ0) is 11.5. The van der Waals surface area contributed by atoms with E-state index in [1.165, 1.54) is 4.90 Å². The van der Waals surface area contributed by atoms with Crippen LogP contribution in [0.25, 0.3) is 0 Å². The highest BCUT2D eigenvalue weighted by Crippen LogP contribution is 2.18. The molecule has 0 aliphatic rings. The zero-order valence-electron chi connectivity index (χ0n) is 8.43. The maximum atomic E-state index is 12.8. The van der Waals surface area contributed by atoms with E-state index in [-0.39, 0.29) is 5.95 Å². The molecule has 1 aromatic heterocycles. The Morgan fingerprint density at radius 1 is 0.938 bits per heavy atom. The molecule has 0 saturated carbocycles. The van der Waals surface area contributed by atoms with Gasteiger partial charge >= 0.3 is 12.2 Å². The molecule has 0 aliphatic carbocycles. The Balaban J connectivity index is 2.37. The second-order valence-corrected chi connectivity index (χ2v) is 3.07. The molecule has 1 heterocycles. The van der Waals surface area contributed by atoms with Crippen molar-refractivity contribution in [2.75, 3.05) is 11.9 Å². The minimum Gasteiger partial charge on any atom is -0.313 e. The number of rotatable bonds is 2. The lowest BCUT2D eigenvalue weighted by atomic mass is 10.3. The van der Waals surface area contributed by atoms with Crippen molar-refractivity contribution in [2.24, 2.45) is 0 Å². The standard InChI is InChI=1S/C10H8F2N4/c1-16(7-5-3-2-4-6-7)10-14-8(11)13-9(12)15-10/h2-6H,1H3. The van der Waals surface area contributed by atoms with Gasteiger partial charge in [0, 0.05) is 12.7 Å². The molecule has 0 unspecified atom stereocenters. The third-order valence-corrected chi connectivity index (χ3v) is 2.01. The van der Waals surface area contributed by atoms with Crippen molar-refractivity contribution in [3.05, 3.63) is 42.5 Å². The van der Waals surface area contributed by atoms with Gasteiger partial charge in [-0.1, -0.05) is 18.2 Å². The van der Waals surface area contributed by atoms with E-state index >= 15 is 0 Å². The van der Waals surface area contributed by atoms with Crippen LogP contribution in [-0.4, -0.2) is 22.0 Å². The Labute approximate surface area is 90.6 Å². The quantitative estimate of drug-likeness (QED) is 0.778. The van der Waals surface area contributed by atoms with Gasteiger partial charge in [-0.15, -0.1) is 0 Å². The molecule has 0 spiro atoms. The van der Waals surface area contributed by atoms with Gasteiger partial charge in [-0.25, -0.2) is 0 Å². The molecule has 82 valence electrons. The third kappa shape index (κ3) is 2.10. The van der Waals surface area contributed by atoms with Crippen molar-refractivity contribution < 1.29 is 8.78 Å². The summed E-state index contributed by atoms with van der Waals surface area (Å²) in [5.74, 6) is -0.0730. The Hall–Kier alpha value is -2.11. The smallest absolute Gasteiger partial charge is 0.313 e. The summed E-state index contributed by atoms with van der Waals surface area (Å²) in [6.45, 7) is 0. The van der Waals surface area contributed by atoms with E-state index in [4.69, 9.17) is 0 Å². The average Bonchev–Trinajstić information content (AvgIpc) is 2.28. The van der Waals surface area contributed by atoms with Crippen LogP contribution in [0.4, 0.5) is 20.4 Å². The molecule has 0 N–H and O–H groups in total. The fourth-order valence-corrected chi connectivity index (χ4v) is 1.23. The van der Waals surface area contributed by atoms with Gasteiger partial charge in [-0.2, -0.15) is 23.7 Å². The van der Waals surface area contributed by atoms with Gasteiger partial charge in [-0.3, -0.25) is 0 Å². The Morgan fingerprint density at radius 3 is 2.06 bits per heavy atom. The van der Waals surface area contributed by atoms with Crippen molar-refractivity contribution in [1.29, 1.82) is 0 Å². The van der Waals surface area contributed by atoms with Crippen LogP contribution in [0.3, 0.4) is 0 Å². The number of hydrogen-bond donors (Lipinski definition) is 0. The molecule has 0 fully saturated rings. The summed E-state index contributed by atoms with van der Waals surface area (Å²) >= 11 is 0. The lowest BCUT2D eigenvalue weighted by Gasteiger charge is -2.16. The highest BCUT2D eigenvalue weighted by Gasteiger charge is 2.10. The van der Waals surface area contributed by atoms with Crippen LogP contribution in [0.15, 0.2) is 30.3 Å². The van der Waals surface area contributed by atoms with Crippen molar-refractivity contribution >= 4 is 11.6 Å². The number of nitrogens with zero attached hydrogens (tertiary/aromatic N) is 4. The average molecular weight is 222 g/mol. The maximum absolute atomic E-state index is 12.8. The summed E-state index contributed by atoms with van der Waals surface area (Å²) in [5, 5.41) is 0. The molecular weight excluding hydrogens is 214 g/mol. The normalized spacial score (nSPS) is 10.2. The SMILES string of the molecule is CN(c1ccccc1)c1nc(F)nc(F)n1. The molecule has 0 amide bonds. The highest BCUT2D eigenvalue weighted by molar-refractivity contribution is 5.55. The fourth-order valence-electron chi connectivity index (χ4n) is 1.23. The van der Waals surface area contributed by atoms with Crippen molar-refractivity contribution in [3.8, 4) is 0 Å². The summed E-state index contributed by atoms with van der Waals surface area (Å²) in [7, 11) is 1.61. The van der Waals surface area contributed by atoms with E-state index in [0.717, 1.165) is 5.69 Å². The van der Waals surface area contributed by atoms with E-state index in [1.807, 2.05) is 6.07 Å². The summed E-state index contributed by atoms with van der Waals surface area (Å²) in [6.07, 6.45) is -2.27. The van der Waals surface area contributed by atoms with Crippen LogP contribution in [0.5, 0.6) is 0 Å². The van der Waals surface area contributed by atoms with Gasteiger partial charge in [0.05, 0.1) is 0 Å². The van der Waals surface area contributed by atoms with E-state index in [0.29, 0.717) is 0 Å². The monoisotopic (exact) mass is 222 g/mol. The predicted molar refractivity (Wildman–Crippen MR) is 54.2 cm³/mol. The lowest BCUT2D eigenvalue weighted by Crippen LogP contribution is -2.15. The second-order valence-electron chi connectivity index (χ2n) is 3.07. The molecule has 0 bridgehead atoms. The number of aromatic nitrogens is 3. The lowest BCUT2D eigenvalue weighted by molar-refractivity contribution is 0.455. The molecule has 0 radical (unpaired) electrons. The van der Waals surface area contributed by atoms with Gasteiger partial charge in [0.25, 0.3) is 0 Å². The molecular formula is C10H8F2N4. The van der Waals surface area contributed by atoms with Crippen LogP contribution in [0.1, 0.15) is 0 Å². The molecule has 2 aromatic rings. The predicted octanol–water partition coefficient (Wildman–Crippen LogP) is 1.92. The number of benzene rings is 1. The number of anilines is 2. The van der Waals surface area contributed by atoms with Crippen LogP contribution < -0.4 is 4.90 Å². The second kappa shape index (κ2) is 4.18. The fraction of sp³-hybridized carbons (Fsp3) is 0.100. The van der Waals surface area contributed by atoms with Crippen molar-refractivity contribution in [1.82, 2.24) is 15.0 Å². The first-order chi connectivity index (χ1) is 7.66. The molecule has 6 heteroatoms. The first-order valence-electron chi connectivity index (χ1n) is 4.52. The molecule has 0 atom stereocenters. The first kappa shape index (κ1) is 10.4. The summed E-state index contributed by atoms with van der Waals surface area (Å²) < 4.78 is 25.6. The molecule has 16 heavy (non-hydrogen) atoms. The molecule has 1 aromatic carbocycles. The van der Waals surface area contributed by atoms with E-state index in [2.05, 4.69) is 15.0 Å². The Morgan fingerprint density at radius 2 is 1.50 bits per heavy atom. The Kier molecular flexibility index (Phi) is 2.72. The largest absolute Gasteiger partial charge is 0.315 e. The van der Waals surface area contributed by atoms with Gasteiger partial charge in [-0.05, 0) is 12.1 Å². The summed E-state index contributed by atoms with van der Waals surface area (Å²) in [4.78, 5) is 11.1. The van der Waals surface area contributed by atoms with E-state index in [1.54, 1.807) is 31.3 Å². The molecule has 0 saturated heterocycles. The highest BCUT2D eigenvalue weighted by atomic mass is 19.1. The van der Waals surface area contributed by atoms with E-state index < -0.39 is 12.2 Å². The Bertz CT molecular complexity index is 469. The minimum absolute atomic E-state index is 0.0730.